The van der Waals surface area contributed by atoms with Crippen LogP contribution in [0.1, 0.15) is 63.6 Å². The maximum atomic E-state index is 13.7. The maximum absolute atomic E-state index is 13.7. The van der Waals surface area contributed by atoms with Gasteiger partial charge in [0.2, 0.25) is 0 Å². The molecule has 3 aromatic carbocycles. The van der Waals surface area contributed by atoms with Crippen molar-refractivity contribution in [3.05, 3.63) is 86.1 Å². The highest BCUT2D eigenvalue weighted by Gasteiger charge is 2.18. The van der Waals surface area contributed by atoms with E-state index >= 15 is 0 Å². The van der Waals surface area contributed by atoms with Crippen LogP contribution in [0, 0.1) is 6.92 Å². The summed E-state index contributed by atoms with van der Waals surface area (Å²) in [6, 6.07) is 17.2. The molecule has 4 rings (SSSR count). The largest absolute Gasteiger partial charge is 0.494 e. The van der Waals surface area contributed by atoms with Gasteiger partial charge in [0.25, 0.3) is 5.56 Å². The van der Waals surface area contributed by atoms with Gasteiger partial charge in [-0.05, 0) is 108 Å². The van der Waals surface area contributed by atoms with E-state index in [1.54, 1.807) is 12.3 Å². The van der Waals surface area contributed by atoms with Gasteiger partial charge in [0.1, 0.15) is 11.5 Å². The van der Waals surface area contributed by atoms with Gasteiger partial charge in [-0.2, -0.15) is 9.78 Å². The first kappa shape index (κ1) is 27.6. The summed E-state index contributed by atoms with van der Waals surface area (Å²) in [6.07, 6.45) is 2.70. The number of aromatic nitrogens is 2. The zero-order valence-corrected chi connectivity index (χ0v) is 24.4. The number of hydrogen-bond acceptors (Lipinski definition) is 5. The van der Waals surface area contributed by atoms with Crippen LogP contribution in [-0.4, -0.2) is 28.6 Å². The van der Waals surface area contributed by atoms with Crippen LogP contribution in [0.4, 0.5) is 0 Å². The molecule has 6 nitrogen and oxygen atoms in total. The molecule has 198 valence electrons. The highest BCUT2D eigenvalue weighted by molar-refractivity contribution is 9.10. The van der Waals surface area contributed by atoms with E-state index in [1.807, 2.05) is 63.2 Å². The van der Waals surface area contributed by atoms with Gasteiger partial charge in [0.15, 0.2) is 5.82 Å². The molecular weight excluding hydrogens is 542 g/mol. The van der Waals surface area contributed by atoms with Crippen molar-refractivity contribution in [2.75, 3.05) is 6.61 Å². The van der Waals surface area contributed by atoms with Crippen molar-refractivity contribution in [1.29, 1.82) is 0 Å². The third kappa shape index (κ3) is 5.83. The summed E-state index contributed by atoms with van der Waals surface area (Å²) in [5, 5.41) is 5.16. The van der Waals surface area contributed by atoms with Gasteiger partial charge in [0.05, 0.1) is 34.3 Å². The molecule has 7 heteroatoms. The highest BCUT2D eigenvalue weighted by atomic mass is 79.9. The molecule has 0 aliphatic carbocycles. The molecule has 0 saturated carbocycles. The van der Waals surface area contributed by atoms with Gasteiger partial charge in [0, 0.05) is 5.56 Å². The lowest BCUT2D eigenvalue weighted by Gasteiger charge is -2.18. The molecule has 1 atom stereocenters. The van der Waals surface area contributed by atoms with Crippen LogP contribution in [0.5, 0.6) is 11.5 Å². The van der Waals surface area contributed by atoms with Crippen molar-refractivity contribution in [3.8, 4) is 22.9 Å². The Morgan fingerprint density at radius 1 is 1.05 bits per heavy atom. The first-order valence-corrected chi connectivity index (χ1v) is 13.8. The molecule has 0 radical (unpaired) electrons. The molecule has 4 aromatic rings. The number of hydrogen-bond donors (Lipinski definition) is 0. The number of rotatable bonds is 9. The molecule has 0 spiro atoms. The van der Waals surface area contributed by atoms with E-state index in [-0.39, 0.29) is 17.6 Å². The normalized spacial score (nSPS) is 12.4. The standard InChI is InChI=1S/C31H34BrN3O3/c1-7-21(6)38-28-14-13-22(16-26(28)32)18-33-35-30(34-27-12-10-9-11-23(27)31(35)36)25-17-24(19(3)4)29(37-8-2)15-20(25)5/h9-19,21H,7-8H2,1-6H3/t21-/m0/s1. The Morgan fingerprint density at radius 3 is 2.50 bits per heavy atom. The average molecular weight is 577 g/mol. The Hall–Kier alpha value is -3.45. The van der Waals surface area contributed by atoms with E-state index in [2.05, 4.69) is 47.9 Å². The van der Waals surface area contributed by atoms with Crippen LogP contribution >= 0.6 is 15.9 Å². The van der Waals surface area contributed by atoms with E-state index in [4.69, 9.17) is 14.5 Å². The topological polar surface area (TPSA) is 65.7 Å². The number of aryl methyl sites for hydroxylation is 1. The maximum Gasteiger partial charge on any atom is 0.282 e. The van der Waals surface area contributed by atoms with Crippen LogP contribution in [0.3, 0.4) is 0 Å². The number of nitrogens with zero attached hydrogens (tertiary/aromatic N) is 3. The number of halogens is 1. The lowest BCUT2D eigenvalue weighted by atomic mass is 9.96. The van der Waals surface area contributed by atoms with Crippen molar-refractivity contribution in [1.82, 2.24) is 9.66 Å². The van der Waals surface area contributed by atoms with Gasteiger partial charge >= 0.3 is 0 Å². The molecule has 0 aliphatic heterocycles. The van der Waals surface area contributed by atoms with Gasteiger partial charge in [-0.15, -0.1) is 0 Å². The Kier molecular flexibility index (Phi) is 8.67. The number of benzene rings is 3. The third-order valence-corrected chi connectivity index (χ3v) is 7.07. The summed E-state index contributed by atoms with van der Waals surface area (Å²) in [6.45, 7) is 12.9. The summed E-state index contributed by atoms with van der Waals surface area (Å²) in [4.78, 5) is 18.6. The van der Waals surface area contributed by atoms with Gasteiger partial charge in [-0.1, -0.05) is 32.9 Å². The van der Waals surface area contributed by atoms with E-state index in [0.717, 1.165) is 44.6 Å². The van der Waals surface area contributed by atoms with Crippen molar-refractivity contribution >= 4 is 33.0 Å². The number of fused-ring (bicyclic) bond motifs is 1. The minimum atomic E-state index is -0.225. The number of para-hydroxylation sites is 1. The molecule has 1 aromatic heterocycles. The molecule has 0 unspecified atom stereocenters. The second-order valence-corrected chi connectivity index (χ2v) is 10.5. The fourth-order valence-electron chi connectivity index (χ4n) is 4.19. The van der Waals surface area contributed by atoms with Crippen molar-refractivity contribution < 1.29 is 9.47 Å². The molecule has 0 bridgehead atoms. The molecule has 0 saturated heterocycles. The molecule has 0 N–H and O–H groups in total. The average Bonchev–Trinajstić information content (AvgIpc) is 2.89. The predicted molar refractivity (Wildman–Crippen MR) is 159 cm³/mol. The highest BCUT2D eigenvalue weighted by Crippen LogP contribution is 2.34. The van der Waals surface area contributed by atoms with Crippen LogP contribution in [0.25, 0.3) is 22.3 Å². The Morgan fingerprint density at radius 2 is 1.82 bits per heavy atom. The van der Waals surface area contributed by atoms with Crippen molar-refractivity contribution in [2.45, 2.75) is 60.0 Å². The smallest absolute Gasteiger partial charge is 0.282 e. The van der Waals surface area contributed by atoms with Crippen LogP contribution in [-0.2, 0) is 0 Å². The lowest BCUT2D eigenvalue weighted by molar-refractivity contribution is 0.216. The molecule has 0 amide bonds. The van der Waals surface area contributed by atoms with Crippen molar-refractivity contribution in [3.63, 3.8) is 0 Å². The van der Waals surface area contributed by atoms with Gasteiger partial charge in [-0.3, -0.25) is 4.79 Å². The first-order chi connectivity index (χ1) is 18.2. The van der Waals surface area contributed by atoms with Crippen LogP contribution in [0.2, 0.25) is 0 Å². The Bertz CT molecular complexity index is 1540. The van der Waals surface area contributed by atoms with E-state index in [0.29, 0.717) is 23.3 Å². The lowest BCUT2D eigenvalue weighted by Crippen LogP contribution is -2.21. The Balaban J connectivity index is 1.87. The minimum absolute atomic E-state index is 0.115. The SMILES string of the molecule is CCOc1cc(C)c(-c2nc3ccccc3c(=O)n2N=Cc2ccc(O[C@@H](C)CC)c(Br)c2)cc1C(C)C. The first-order valence-electron chi connectivity index (χ1n) is 13.0. The molecule has 0 aliphatic rings. The summed E-state index contributed by atoms with van der Waals surface area (Å²) in [5.41, 5.74) is 4.09. The van der Waals surface area contributed by atoms with Gasteiger partial charge < -0.3 is 9.47 Å². The predicted octanol–water partition coefficient (Wildman–Crippen LogP) is 7.72. The number of ether oxygens (including phenoxy) is 2. The monoisotopic (exact) mass is 575 g/mol. The Labute approximate surface area is 232 Å². The van der Waals surface area contributed by atoms with Crippen LogP contribution in [0.15, 0.2) is 69.0 Å². The quantitative estimate of drug-likeness (QED) is 0.192. The zero-order chi connectivity index (χ0) is 27.4. The van der Waals surface area contributed by atoms with Crippen molar-refractivity contribution in [2.24, 2.45) is 5.10 Å². The summed E-state index contributed by atoms with van der Waals surface area (Å²) in [5.74, 6) is 2.34. The minimum Gasteiger partial charge on any atom is -0.494 e. The molecule has 1 heterocycles. The van der Waals surface area contributed by atoms with Gasteiger partial charge in [-0.25, -0.2) is 4.98 Å². The summed E-state index contributed by atoms with van der Waals surface area (Å²) < 4.78 is 14.1. The third-order valence-electron chi connectivity index (χ3n) is 6.45. The molecule has 38 heavy (non-hydrogen) atoms. The van der Waals surface area contributed by atoms with E-state index in [9.17, 15) is 4.79 Å². The van der Waals surface area contributed by atoms with Crippen LogP contribution < -0.4 is 15.0 Å². The van der Waals surface area contributed by atoms with E-state index in [1.165, 1.54) is 4.68 Å². The fraction of sp³-hybridized carbons (Fsp3) is 0.323. The van der Waals surface area contributed by atoms with E-state index < -0.39 is 0 Å². The second kappa shape index (κ2) is 11.9. The molecular formula is C31H34BrN3O3. The molecule has 0 fully saturated rings. The zero-order valence-electron chi connectivity index (χ0n) is 22.8. The summed E-state index contributed by atoms with van der Waals surface area (Å²) >= 11 is 3.60. The second-order valence-electron chi connectivity index (χ2n) is 9.63. The summed E-state index contributed by atoms with van der Waals surface area (Å²) in [7, 11) is 0. The fourth-order valence-corrected chi connectivity index (χ4v) is 4.68.